The molecule has 158 valence electrons. The Morgan fingerprint density at radius 2 is 1.76 bits per heavy atom. The maximum Gasteiger partial charge on any atom is 0.232 e. The van der Waals surface area contributed by atoms with Crippen LogP contribution < -0.4 is 9.62 Å². The van der Waals surface area contributed by atoms with E-state index in [2.05, 4.69) is 5.32 Å². The van der Waals surface area contributed by atoms with Gasteiger partial charge in [-0.1, -0.05) is 24.3 Å². The molecule has 29 heavy (non-hydrogen) atoms. The first kappa shape index (κ1) is 22.9. The first-order chi connectivity index (χ1) is 13.7. The average molecular weight is 421 g/mol. The van der Waals surface area contributed by atoms with Crippen molar-refractivity contribution in [2.45, 2.75) is 39.5 Å². The molecule has 2 aromatic rings. The van der Waals surface area contributed by atoms with Crippen LogP contribution in [0.3, 0.4) is 0 Å². The van der Waals surface area contributed by atoms with Crippen molar-refractivity contribution in [2.24, 2.45) is 0 Å². The van der Waals surface area contributed by atoms with E-state index in [0.717, 1.165) is 29.5 Å². The minimum atomic E-state index is -3.43. The molecule has 7 heteroatoms. The zero-order valence-corrected chi connectivity index (χ0v) is 18.1. The number of nitrogens with one attached hydrogen (secondary N) is 1. The second kappa shape index (κ2) is 10.4. The lowest BCUT2D eigenvalue weighted by Crippen LogP contribution is -2.33. The number of hydrogen-bond acceptors (Lipinski definition) is 3. The van der Waals surface area contributed by atoms with Gasteiger partial charge in [-0.3, -0.25) is 9.10 Å². The van der Waals surface area contributed by atoms with Gasteiger partial charge in [0, 0.05) is 19.5 Å². The summed E-state index contributed by atoms with van der Waals surface area (Å²) in [5.74, 6) is -0.357. The molecule has 0 bridgehead atoms. The lowest BCUT2D eigenvalue weighted by Gasteiger charge is -2.24. The highest BCUT2D eigenvalue weighted by atomic mass is 32.2. The van der Waals surface area contributed by atoms with Crippen LogP contribution in [0.15, 0.2) is 42.5 Å². The Balaban J connectivity index is 1.79. The molecule has 0 saturated heterocycles. The first-order valence-electron chi connectivity index (χ1n) is 9.73. The van der Waals surface area contributed by atoms with E-state index in [0.29, 0.717) is 18.7 Å². The zero-order chi connectivity index (χ0) is 21.4. The minimum Gasteiger partial charge on any atom is -0.356 e. The normalized spacial score (nSPS) is 11.3. The summed E-state index contributed by atoms with van der Waals surface area (Å²) in [5.41, 5.74) is 3.55. The topological polar surface area (TPSA) is 66.5 Å². The van der Waals surface area contributed by atoms with E-state index in [4.69, 9.17) is 0 Å². The highest BCUT2D eigenvalue weighted by molar-refractivity contribution is 7.92. The van der Waals surface area contributed by atoms with Gasteiger partial charge in [-0.25, -0.2) is 12.8 Å². The van der Waals surface area contributed by atoms with Crippen LogP contribution in [-0.4, -0.2) is 33.7 Å². The number of benzene rings is 2. The standard InChI is InChI=1S/C22H29FN2O3S/c1-17-8-9-18(2)21(16-17)25(29(3,27)28)15-5-7-22(26)24-14-4-6-19-10-12-20(23)13-11-19/h8-13,16H,4-7,14-15H2,1-3H3,(H,24,26). The Kier molecular flexibility index (Phi) is 8.20. The zero-order valence-electron chi connectivity index (χ0n) is 17.2. The van der Waals surface area contributed by atoms with Crippen LogP contribution in [-0.2, 0) is 21.2 Å². The summed E-state index contributed by atoms with van der Waals surface area (Å²) in [6, 6.07) is 12.0. The monoisotopic (exact) mass is 420 g/mol. The molecule has 0 fully saturated rings. The van der Waals surface area contributed by atoms with Gasteiger partial charge in [0.1, 0.15) is 5.82 Å². The van der Waals surface area contributed by atoms with E-state index in [9.17, 15) is 17.6 Å². The Bertz CT molecular complexity index is 928. The Morgan fingerprint density at radius 1 is 1.07 bits per heavy atom. The molecule has 0 radical (unpaired) electrons. The van der Waals surface area contributed by atoms with Gasteiger partial charge in [0.15, 0.2) is 0 Å². The third-order valence-electron chi connectivity index (χ3n) is 4.68. The first-order valence-corrected chi connectivity index (χ1v) is 11.6. The fourth-order valence-corrected chi connectivity index (χ4v) is 4.11. The quantitative estimate of drug-likeness (QED) is 0.596. The highest BCUT2D eigenvalue weighted by Gasteiger charge is 2.19. The maximum absolute atomic E-state index is 12.9. The van der Waals surface area contributed by atoms with E-state index in [1.807, 2.05) is 32.0 Å². The molecule has 0 aliphatic heterocycles. The molecule has 1 amide bonds. The fourth-order valence-electron chi connectivity index (χ4n) is 3.10. The van der Waals surface area contributed by atoms with Gasteiger partial charge in [-0.15, -0.1) is 0 Å². The number of carbonyl (C=O) groups is 1. The Labute approximate surface area is 173 Å². The minimum absolute atomic E-state index is 0.0986. The summed E-state index contributed by atoms with van der Waals surface area (Å²) in [4.78, 5) is 12.1. The van der Waals surface area contributed by atoms with E-state index in [1.165, 1.54) is 22.7 Å². The molecule has 0 atom stereocenters. The summed E-state index contributed by atoms with van der Waals surface area (Å²) in [6.45, 7) is 4.58. The van der Waals surface area contributed by atoms with E-state index >= 15 is 0 Å². The smallest absolute Gasteiger partial charge is 0.232 e. The van der Waals surface area contributed by atoms with Gasteiger partial charge in [-0.2, -0.15) is 0 Å². The molecule has 1 N–H and O–H groups in total. The summed E-state index contributed by atoms with van der Waals surface area (Å²) in [6.07, 6.45) is 3.40. The van der Waals surface area contributed by atoms with E-state index < -0.39 is 10.0 Å². The third kappa shape index (κ3) is 7.49. The number of aryl methyl sites for hydroxylation is 3. The predicted molar refractivity (Wildman–Crippen MR) is 115 cm³/mol. The van der Waals surface area contributed by atoms with Crippen molar-refractivity contribution < 1.29 is 17.6 Å². The van der Waals surface area contributed by atoms with Gasteiger partial charge in [0.2, 0.25) is 15.9 Å². The van der Waals surface area contributed by atoms with Crippen molar-refractivity contribution in [3.8, 4) is 0 Å². The fraction of sp³-hybridized carbons (Fsp3) is 0.409. The lowest BCUT2D eigenvalue weighted by molar-refractivity contribution is -0.121. The highest BCUT2D eigenvalue weighted by Crippen LogP contribution is 2.24. The summed E-state index contributed by atoms with van der Waals surface area (Å²) >= 11 is 0. The molecule has 0 saturated carbocycles. The van der Waals surface area contributed by atoms with Crippen molar-refractivity contribution in [3.63, 3.8) is 0 Å². The molecule has 5 nitrogen and oxygen atoms in total. The molecule has 0 aliphatic carbocycles. The van der Waals surface area contributed by atoms with E-state index in [1.54, 1.807) is 12.1 Å². The van der Waals surface area contributed by atoms with Crippen LogP contribution in [0.25, 0.3) is 0 Å². The summed E-state index contributed by atoms with van der Waals surface area (Å²) < 4.78 is 38.7. The van der Waals surface area contributed by atoms with Crippen LogP contribution in [0.4, 0.5) is 10.1 Å². The van der Waals surface area contributed by atoms with Crippen molar-refractivity contribution in [1.82, 2.24) is 5.32 Å². The number of anilines is 1. The molecule has 0 spiro atoms. The average Bonchev–Trinajstić information content (AvgIpc) is 2.65. The number of sulfonamides is 1. The lowest BCUT2D eigenvalue weighted by atomic mass is 10.1. The maximum atomic E-state index is 12.9. The Morgan fingerprint density at radius 3 is 2.41 bits per heavy atom. The number of rotatable bonds is 10. The van der Waals surface area contributed by atoms with Crippen LogP contribution in [0.5, 0.6) is 0 Å². The summed E-state index contributed by atoms with van der Waals surface area (Å²) in [7, 11) is -3.43. The third-order valence-corrected chi connectivity index (χ3v) is 5.86. The second-order valence-electron chi connectivity index (χ2n) is 7.31. The molecule has 0 aromatic heterocycles. The Hall–Kier alpha value is -2.41. The number of nitrogens with zero attached hydrogens (tertiary/aromatic N) is 1. The van der Waals surface area contributed by atoms with Crippen LogP contribution in [0.1, 0.15) is 36.0 Å². The van der Waals surface area contributed by atoms with Gasteiger partial charge < -0.3 is 5.32 Å². The van der Waals surface area contributed by atoms with Crippen molar-refractivity contribution in [2.75, 3.05) is 23.7 Å². The largest absolute Gasteiger partial charge is 0.356 e. The van der Waals surface area contributed by atoms with Crippen LogP contribution in [0, 0.1) is 19.7 Å². The van der Waals surface area contributed by atoms with Crippen molar-refractivity contribution in [3.05, 3.63) is 65.0 Å². The second-order valence-corrected chi connectivity index (χ2v) is 9.22. The van der Waals surface area contributed by atoms with Crippen molar-refractivity contribution in [1.29, 1.82) is 0 Å². The molecular formula is C22H29FN2O3S. The number of halogens is 1. The number of carbonyl (C=O) groups excluding carboxylic acids is 1. The van der Waals surface area contributed by atoms with Gasteiger partial charge >= 0.3 is 0 Å². The predicted octanol–water partition coefficient (Wildman–Crippen LogP) is 3.74. The number of amides is 1. The SMILES string of the molecule is Cc1ccc(C)c(N(CCCC(=O)NCCCc2ccc(F)cc2)S(C)(=O)=O)c1. The van der Waals surface area contributed by atoms with E-state index in [-0.39, 0.29) is 24.7 Å². The van der Waals surface area contributed by atoms with Crippen LogP contribution in [0.2, 0.25) is 0 Å². The molecule has 2 aromatic carbocycles. The van der Waals surface area contributed by atoms with Gasteiger partial charge in [0.05, 0.1) is 11.9 Å². The van der Waals surface area contributed by atoms with Gasteiger partial charge in [-0.05, 0) is 68.0 Å². The molecular weight excluding hydrogens is 391 g/mol. The van der Waals surface area contributed by atoms with Crippen LogP contribution >= 0.6 is 0 Å². The van der Waals surface area contributed by atoms with Gasteiger partial charge in [0.25, 0.3) is 0 Å². The molecule has 0 heterocycles. The van der Waals surface area contributed by atoms with Crippen molar-refractivity contribution >= 4 is 21.6 Å². The molecule has 2 rings (SSSR count). The number of hydrogen-bond donors (Lipinski definition) is 1. The summed E-state index contributed by atoms with van der Waals surface area (Å²) in [5, 5.41) is 2.86. The molecule has 0 unspecified atom stereocenters. The molecule has 0 aliphatic rings.